The number of nitrogens with zero attached hydrogens (tertiary/aromatic N) is 1. The minimum Gasteiger partial charge on any atom is -0.380 e. The van der Waals surface area contributed by atoms with Crippen molar-refractivity contribution in [1.82, 2.24) is 4.98 Å². The second-order valence-corrected chi connectivity index (χ2v) is 7.73. The first-order valence-electron chi connectivity index (χ1n) is 6.31. The van der Waals surface area contributed by atoms with Crippen molar-refractivity contribution in [3.05, 3.63) is 44.3 Å². The number of hydrogen-bond donors (Lipinski definition) is 1. The van der Waals surface area contributed by atoms with E-state index >= 15 is 0 Å². The lowest BCUT2D eigenvalue weighted by Crippen LogP contribution is -2.09. The molecule has 0 saturated carbocycles. The highest BCUT2D eigenvalue weighted by Gasteiger charge is 2.17. The Balaban J connectivity index is 2.06. The molecule has 0 amide bonds. The van der Waals surface area contributed by atoms with E-state index in [1.54, 1.807) is 11.3 Å². The molecule has 1 N–H and O–H groups in total. The van der Waals surface area contributed by atoms with Gasteiger partial charge in [0.05, 0.1) is 11.6 Å². The molecule has 0 atom stereocenters. The molecule has 0 bridgehead atoms. The molecule has 2 aromatic rings. The van der Waals surface area contributed by atoms with Gasteiger partial charge in [0.1, 0.15) is 0 Å². The summed E-state index contributed by atoms with van der Waals surface area (Å²) in [7, 11) is 0. The first kappa shape index (κ1) is 14.5. The second-order valence-electron chi connectivity index (χ2n) is 5.69. The molecule has 1 aromatic heterocycles. The second kappa shape index (κ2) is 5.63. The molecule has 0 aliphatic rings. The molecule has 19 heavy (non-hydrogen) atoms. The summed E-state index contributed by atoms with van der Waals surface area (Å²) in [5.74, 6) is 0. The number of benzene rings is 1. The van der Waals surface area contributed by atoms with Crippen molar-refractivity contribution in [2.45, 2.75) is 39.7 Å². The smallest absolute Gasteiger partial charge is 0.0981 e. The van der Waals surface area contributed by atoms with E-state index in [4.69, 9.17) is 0 Å². The van der Waals surface area contributed by atoms with Crippen LogP contribution in [0.15, 0.2) is 28.9 Å². The summed E-state index contributed by atoms with van der Waals surface area (Å²) in [6.45, 7) is 9.53. The monoisotopic (exact) mass is 338 g/mol. The van der Waals surface area contributed by atoms with E-state index in [0.717, 1.165) is 11.0 Å². The summed E-state index contributed by atoms with van der Waals surface area (Å²) in [5.41, 5.74) is 2.55. The van der Waals surface area contributed by atoms with Crippen molar-refractivity contribution in [3.8, 4) is 0 Å². The summed E-state index contributed by atoms with van der Waals surface area (Å²) in [5, 5.41) is 4.67. The number of halogens is 1. The molecule has 0 aliphatic heterocycles. The number of rotatable bonds is 3. The number of thiazole rings is 1. The Bertz CT molecular complexity index is 570. The van der Waals surface area contributed by atoms with Gasteiger partial charge in [0, 0.05) is 26.6 Å². The minimum absolute atomic E-state index is 0.134. The first-order valence-corrected chi connectivity index (χ1v) is 7.92. The molecule has 1 aromatic carbocycles. The number of anilines is 1. The van der Waals surface area contributed by atoms with Crippen molar-refractivity contribution in [2.24, 2.45) is 0 Å². The fourth-order valence-electron chi connectivity index (χ4n) is 1.70. The van der Waals surface area contributed by atoms with E-state index in [1.807, 2.05) is 6.20 Å². The molecule has 0 aliphatic carbocycles. The molecule has 2 nitrogen and oxygen atoms in total. The number of nitrogens with one attached hydrogen (secondary N) is 1. The summed E-state index contributed by atoms with van der Waals surface area (Å²) < 4.78 is 1.10. The van der Waals surface area contributed by atoms with Gasteiger partial charge in [-0.1, -0.05) is 42.8 Å². The van der Waals surface area contributed by atoms with Gasteiger partial charge in [-0.2, -0.15) is 0 Å². The lowest BCUT2D eigenvalue weighted by Gasteiger charge is -2.13. The predicted octanol–water partition coefficient (Wildman–Crippen LogP) is 5.12. The minimum atomic E-state index is 0.134. The molecule has 2 rings (SSSR count). The van der Waals surface area contributed by atoms with E-state index in [-0.39, 0.29) is 5.41 Å². The van der Waals surface area contributed by atoms with Gasteiger partial charge in [0.25, 0.3) is 0 Å². The molecule has 0 radical (unpaired) electrons. The van der Waals surface area contributed by atoms with E-state index in [0.29, 0.717) is 0 Å². The predicted molar refractivity (Wildman–Crippen MR) is 87.0 cm³/mol. The van der Waals surface area contributed by atoms with Crippen LogP contribution in [0.4, 0.5) is 5.69 Å². The van der Waals surface area contributed by atoms with Gasteiger partial charge in [0.2, 0.25) is 0 Å². The van der Waals surface area contributed by atoms with Crippen LogP contribution in [0.3, 0.4) is 0 Å². The average Bonchev–Trinajstić information content (AvgIpc) is 2.79. The van der Waals surface area contributed by atoms with Crippen LogP contribution in [0.2, 0.25) is 0 Å². The van der Waals surface area contributed by atoms with Gasteiger partial charge in [-0.25, -0.2) is 4.98 Å². The third kappa shape index (κ3) is 3.80. The highest BCUT2D eigenvalue weighted by molar-refractivity contribution is 9.10. The van der Waals surface area contributed by atoms with E-state index in [9.17, 15) is 0 Å². The highest BCUT2D eigenvalue weighted by atomic mass is 79.9. The SMILES string of the molecule is Cc1ccc(Br)cc1NCc1cnc(C(C)(C)C)s1. The maximum Gasteiger partial charge on any atom is 0.0981 e. The molecule has 102 valence electrons. The van der Waals surface area contributed by atoms with Gasteiger partial charge in [0.15, 0.2) is 0 Å². The highest BCUT2D eigenvalue weighted by Crippen LogP contribution is 2.28. The molecular weight excluding hydrogens is 320 g/mol. The Morgan fingerprint density at radius 3 is 2.68 bits per heavy atom. The van der Waals surface area contributed by atoms with Crippen LogP contribution < -0.4 is 5.32 Å². The zero-order valence-corrected chi connectivity index (χ0v) is 14.2. The summed E-state index contributed by atoms with van der Waals surface area (Å²) in [6, 6.07) is 6.28. The fraction of sp³-hybridized carbons (Fsp3) is 0.400. The van der Waals surface area contributed by atoms with Gasteiger partial charge >= 0.3 is 0 Å². The first-order chi connectivity index (χ1) is 8.86. The number of aromatic nitrogens is 1. The molecule has 0 unspecified atom stereocenters. The molecule has 4 heteroatoms. The fourth-order valence-corrected chi connectivity index (χ4v) is 2.97. The van der Waals surface area contributed by atoms with Crippen LogP contribution in [-0.4, -0.2) is 4.98 Å². The number of hydrogen-bond acceptors (Lipinski definition) is 3. The zero-order chi connectivity index (χ0) is 14.0. The van der Waals surface area contributed by atoms with Crippen molar-refractivity contribution in [1.29, 1.82) is 0 Å². The van der Waals surface area contributed by atoms with Gasteiger partial charge in [-0.05, 0) is 24.6 Å². The summed E-state index contributed by atoms with van der Waals surface area (Å²) >= 11 is 5.29. The van der Waals surface area contributed by atoms with Gasteiger partial charge in [-0.15, -0.1) is 11.3 Å². The van der Waals surface area contributed by atoms with Crippen LogP contribution in [0.5, 0.6) is 0 Å². The van der Waals surface area contributed by atoms with Crippen molar-refractivity contribution in [2.75, 3.05) is 5.32 Å². The van der Waals surface area contributed by atoms with Crippen LogP contribution in [-0.2, 0) is 12.0 Å². The lowest BCUT2D eigenvalue weighted by atomic mass is 9.98. The molecule has 0 spiro atoms. The van der Waals surface area contributed by atoms with Crippen LogP contribution >= 0.6 is 27.3 Å². The van der Waals surface area contributed by atoms with E-state index in [1.165, 1.54) is 21.1 Å². The van der Waals surface area contributed by atoms with E-state index in [2.05, 4.69) is 72.1 Å². The summed E-state index contributed by atoms with van der Waals surface area (Å²) in [4.78, 5) is 5.78. The van der Waals surface area contributed by atoms with Crippen LogP contribution in [0, 0.1) is 6.92 Å². The summed E-state index contributed by atoms with van der Waals surface area (Å²) in [6.07, 6.45) is 1.98. The Morgan fingerprint density at radius 2 is 2.05 bits per heavy atom. The lowest BCUT2D eigenvalue weighted by molar-refractivity contribution is 0.585. The molecule has 1 heterocycles. The van der Waals surface area contributed by atoms with Gasteiger partial charge < -0.3 is 5.32 Å². The van der Waals surface area contributed by atoms with Crippen molar-refractivity contribution >= 4 is 33.0 Å². The Kier molecular flexibility index (Phi) is 4.31. The Hall–Kier alpha value is -0.870. The largest absolute Gasteiger partial charge is 0.380 e. The Labute approximate surface area is 127 Å². The zero-order valence-electron chi connectivity index (χ0n) is 11.7. The third-order valence-electron chi connectivity index (χ3n) is 2.85. The average molecular weight is 339 g/mol. The van der Waals surface area contributed by atoms with Crippen LogP contribution in [0.1, 0.15) is 36.2 Å². The molecule has 0 fully saturated rings. The van der Waals surface area contributed by atoms with Crippen molar-refractivity contribution in [3.63, 3.8) is 0 Å². The normalized spacial score (nSPS) is 11.6. The maximum atomic E-state index is 4.51. The molecule has 0 saturated heterocycles. The molecular formula is C15H19BrN2S. The number of aryl methyl sites for hydroxylation is 1. The topological polar surface area (TPSA) is 24.9 Å². The maximum absolute atomic E-state index is 4.51. The third-order valence-corrected chi connectivity index (χ3v) is 4.76. The van der Waals surface area contributed by atoms with Crippen LogP contribution in [0.25, 0.3) is 0 Å². The standard InChI is InChI=1S/C15H19BrN2S/c1-10-5-6-11(16)7-13(10)17-8-12-9-18-14(19-12)15(2,3)4/h5-7,9,17H,8H2,1-4H3. The Morgan fingerprint density at radius 1 is 1.32 bits per heavy atom. The quantitative estimate of drug-likeness (QED) is 0.839. The van der Waals surface area contributed by atoms with Gasteiger partial charge in [-0.3, -0.25) is 0 Å². The van der Waals surface area contributed by atoms with Crippen molar-refractivity contribution < 1.29 is 0 Å². The van der Waals surface area contributed by atoms with E-state index < -0.39 is 0 Å².